The van der Waals surface area contributed by atoms with E-state index in [4.69, 9.17) is 4.74 Å². The number of hydrogen-bond donors (Lipinski definition) is 1. The zero-order valence-electron chi connectivity index (χ0n) is 12.2. The summed E-state index contributed by atoms with van der Waals surface area (Å²) in [5, 5.41) is 12.6. The molecule has 0 spiro atoms. The van der Waals surface area contributed by atoms with Crippen LogP contribution < -0.4 is 4.74 Å². The molecule has 0 atom stereocenters. The van der Waals surface area contributed by atoms with E-state index in [2.05, 4.69) is 15.1 Å². The van der Waals surface area contributed by atoms with Crippen molar-refractivity contribution in [1.29, 1.82) is 0 Å². The predicted molar refractivity (Wildman–Crippen MR) is 81.4 cm³/mol. The van der Waals surface area contributed by atoms with Gasteiger partial charge in [0, 0.05) is 36.3 Å². The Balaban J connectivity index is 1.92. The van der Waals surface area contributed by atoms with Gasteiger partial charge in [-0.2, -0.15) is 0 Å². The van der Waals surface area contributed by atoms with Gasteiger partial charge in [-0.05, 0) is 25.1 Å². The molecular weight excluding hydrogens is 299 g/mol. The first-order chi connectivity index (χ1) is 11.2. The smallest absolute Gasteiger partial charge is 0.219 e. The van der Waals surface area contributed by atoms with Crippen LogP contribution in [0.5, 0.6) is 11.6 Å². The molecule has 6 nitrogen and oxygen atoms in total. The average Bonchev–Trinajstić information content (AvgIpc) is 2.95. The lowest BCUT2D eigenvalue weighted by Crippen LogP contribution is -2.14. The summed E-state index contributed by atoms with van der Waals surface area (Å²) < 4.78 is 20.4. The van der Waals surface area contributed by atoms with Gasteiger partial charge in [-0.1, -0.05) is 11.2 Å². The molecule has 0 aliphatic rings. The molecule has 0 aliphatic heterocycles. The zero-order valence-corrected chi connectivity index (χ0v) is 12.2. The monoisotopic (exact) mass is 312 g/mol. The van der Waals surface area contributed by atoms with Crippen LogP contribution in [-0.2, 0) is 0 Å². The van der Waals surface area contributed by atoms with Crippen molar-refractivity contribution in [2.75, 3.05) is 0 Å². The molecule has 0 amide bonds. The second-order valence-corrected chi connectivity index (χ2v) is 4.71. The lowest BCUT2D eigenvalue weighted by atomic mass is 10.2. The second-order valence-electron chi connectivity index (χ2n) is 4.71. The Kier molecular flexibility index (Phi) is 4.01. The molecule has 0 bridgehead atoms. The summed E-state index contributed by atoms with van der Waals surface area (Å²) in [4.78, 5) is 8.17. The van der Waals surface area contributed by atoms with Gasteiger partial charge in [-0.25, -0.2) is 14.4 Å². The topological polar surface area (TPSA) is 72.5 Å². The van der Waals surface area contributed by atoms with Crippen molar-refractivity contribution in [3.05, 3.63) is 72.2 Å². The van der Waals surface area contributed by atoms with E-state index < -0.39 is 5.82 Å². The average molecular weight is 312 g/mol. The Bertz CT molecular complexity index is 861. The SMILES string of the molecule is Cc1nccn1/C(=N\O)c1ccnc(Oc2cccc(F)c2)c1. The standard InChI is InChI=1S/C16H13FN4O2/c1-11-18-7-8-21(11)16(20-22)12-5-6-19-15(9-12)23-14-4-2-3-13(17)10-14/h2-10,22H,1H3/b20-16-. The van der Waals surface area contributed by atoms with Crippen LogP contribution in [0.3, 0.4) is 0 Å². The Morgan fingerprint density at radius 2 is 2.09 bits per heavy atom. The van der Waals surface area contributed by atoms with Crippen LogP contribution in [0.25, 0.3) is 0 Å². The van der Waals surface area contributed by atoms with Gasteiger partial charge < -0.3 is 9.94 Å². The predicted octanol–water partition coefficient (Wildman–Crippen LogP) is 3.20. The molecule has 0 saturated heterocycles. The molecule has 3 rings (SSSR count). The van der Waals surface area contributed by atoms with Crippen molar-refractivity contribution in [3.63, 3.8) is 0 Å². The Morgan fingerprint density at radius 3 is 2.78 bits per heavy atom. The highest BCUT2D eigenvalue weighted by atomic mass is 19.1. The largest absolute Gasteiger partial charge is 0.439 e. The van der Waals surface area contributed by atoms with Crippen LogP contribution in [0, 0.1) is 12.7 Å². The molecule has 116 valence electrons. The van der Waals surface area contributed by atoms with Gasteiger partial charge in [-0.3, -0.25) is 4.57 Å². The maximum Gasteiger partial charge on any atom is 0.219 e. The molecule has 0 radical (unpaired) electrons. The van der Waals surface area contributed by atoms with Crippen LogP contribution in [0.4, 0.5) is 4.39 Å². The minimum atomic E-state index is -0.398. The third-order valence-corrected chi connectivity index (χ3v) is 3.16. The fourth-order valence-electron chi connectivity index (χ4n) is 2.10. The molecule has 2 aromatic heterocycles. The summed E-state index contributed by atoms with van der Waals surface area (Å²) in [5.74, 6) is 1.14. The first-order valence-corrected chi connectivity index (χ1v) is 6.79. The summed E-state index contributed by atoms with van der Waals surface area (Å²) in [6.07, 6.45) is 4.80. The minimum Gasteiger partial charge on any atom is -0.439 e. The van der Waals surface area contributed by atoms with E-state index in [0.717, 1.165) is 0 Å². The summed E-state index contributed by atoms with van der Waals surface area (Å²) in [6, 6.07) is 9.03. The van der Waals surface area contributed by atoms with Crippen molar-refractivity contribution in [1.82, 2.24) is 14.5 Å². The fraction of sp³-hybridized carbons (Fsp3) is 0.0625. The molecule has 1 N–H and O–H groups in total. The third kappa shape index (κ3) is 3.18. The molecule has 7 heteroatoms. The highest BCUT2D eigenvalue weighted by Gasteiger charge is 2.11. The highest BCUT2D eigenvalue weighted by Crippen LogP contribution is 2.21. The van der Waals surface area contributed by atoms with Gasteiger partial charge in [0.25, 0.3) is 0 Å². The lowest BCUT2D eigenvalue weighted by Gasteiger charge is -2.09. The second kappa shape index (κ2) is 6.27. The maximum absolute atomic E-state index is 13.2. The van der Waals surface area contributed by atoms with Gasteiger partial charge in [0.1, 0.15) is 17.4 Å². The molecule has 0 fully saturated rings. The molecule has 0 saturated carbocycles. The van der Waals surface area contributed by atoms with E-state index in [1.807, 2.05) is 0 Å². The molecule has 0 aliphatic carbocycles. The van der Waals surface area contributed by atoms with Crippen LogP contribution >= 0.6 is 0 Å². The molecule has 3 aromatic rings. The highest BCUT2D eigenvalue weighted by molar-refractivity contribution is 6.00. The van der Waals surface area contributed by atoms with Crippen LogP contribution in [0.15, 0.2) is 60.1 Å². The number of aryl methyl sites for hydroxylation is 1. The number of aromatic nitrogens is 3. The van der Waals surface area contributed by atoms with Gasteiger partial charge in [0.15, 0.2) is 5.84 Å². The Morgan fingerprint density at radius 1 is 1.22 bits per heavy atom. The molecular formula is C16H13FN4O2. The summed E-state index contributed by atoms with van der Waals surface area (Å²) in [5.41, 5.74) is 0.579. The number of ether oxygens (including phenoxy) is 1. The van der Waals surface area contributed by atoms with Crippen molar-refractivity contribution in [3.8, 4) is 11.6 Å². The fourth-order valence-corrected chi connectivity index (χ4v) is 2.10. The number of hydrogen-bond acceptors (Lipinski definition) is 5. The Labute approximate surface area is 131 Å². The first-order valence-electron chi connectivity index (χ1n) is 6.79. The normalized spacial score (nSPS) is 11.5. The van der Waals surface area contributed by atoms with Crippen LogP contribution in [0.1, 0.15) is 11.4 Å². The quantitative estimate of drug-likeness (QED) is 0.349. The first kappa shape index (κ1) is 14.7. The summed E-state index contributed by atoms with van der Waals surface area (Å²) in [7, 11) is 0. The van der Waals surface area contributed by atoms with E-state index in [0.29, 0.717) is 17.1 Å². The minimum absolute atomic E-state index is 0.256. The summed E-state index contributed by atoms with van der Waals surface area (Å²) >= 11 is 0. The number of rotatable bonds is 3. The van der Waals surface area contributed by atoms with Gasteiger partial charge in [0.2, 0.25) is 5.88 Å². The van der Waals surface area contributed by atoms with E-state index in [-0.39, 0.29) is 11.7 Å². The Hall–Kier alpha value is -3.22. The van der Waals surface area contributed by atoms with Crippen LogP contribution in [0.2, 0.25) is 0 Å². The third-order valence-electron chi connectivity index (χ3n) is 3.16. The van der Waals surface area contributed by atoms with Gasteiger partial charge in [0.05, 0.1) is 0 Å². The molecule has 1 aromatic carbocycles. The zero-order chi connectivity index (χ0) is 16.2. The van der Waals surface area contributed by atoms with Gasteiger partial charge in [-0.15, -0.1) is 0 Å². The van der Waals surface area contributed by atoms with Crippen molar-refractivity contribution in [2.45, 2.75) is 6.92 Å². The van der Waals surface area contributed by atoms with Crippen molar-refractivity contribution >= 4 is 5.84 Å². The van der Waals surface area contributed by atoms with E-state index in [9.17, 15) is 9.60 Å². The maximum atomic E-state index is 13.2. The van der Waals surface area contributed by atoms with E-state index >= 15 is 0 Å². The lowest BCUT2D eigenvalue weighted by molar-refractivity contribution is 0.317. The van der Waals surface area contributed by atoms with Crippen molar-refractivity contribution < 1.29 is 14.3 Å². The molecule has 2 heterocycles. The number of nitrogens with zero attached hydrogens (tertiary/aromatic N) is 4. The number of pyridine rings is 1. The van der Waals surface area contributed by atoms with Crippen LogP contribution in [-0.4, -0.2) is 25.6 Å². The van der Waals surface area contributed by atoms with E-state index in [1.54, 1.807) is 48.1 Å². The van der Waals surface area contributed by atoms with Crippen molar-refractivity contribution in [2.24, 2.45) is 5.16 Å². The van der Waals surface area contributed by atoms with E-state index in [1.165, 1.54) is 18.3 Å². The summed E-state index contributed by atoms with van der Waals surface area (Å²) in [6.45, 7) is 1.79. The molecule has 23 heavy (non-hydrogen) atoms. The number of benzene rings is 1. The number of halogens is 1. The number of oxime groups is 1. The number of imidazole rings is 1. The van der Waals surface area contributed by atoms with Gasteiger partial charge >= 0.3 is 0 Å². The molecule has 0 unspecified atom stereocenters.